The molecule has 0 spiro atoms. The summed E-state index contributed by atoms with van der Waals surface area (Å²) >= 11 is 0. The van der Waals surface area contributed by atoms with Crippen molar-refractivity contribution in [3.63, 3.8) is 0 Å². The Morgan fingerprint density at radius 2 is 1.77 bits per heavy atom. The number of methoxy groups -OCH3 is 1. The van der Waals surface area contributed by atoms with Gasteiger partial charge in [-0.15, -0.1) is 0 Å². The van der Waals surface area contributed by atoms with E-state index in [-0.39, 0.29) is 11.7 Å². The highest BCUT2D eigenvalue weighted by Gasteiger charge is 2.68. The number of benzene rings is 2. The minimum absolute atomic E-state index is 0.100. The molecular weight excluding hydrogens is 396 g/mol. The maximum Gasteiger partial charge on any atom is 0.326 e. The summed E-state index contributed by atoms with van der Waals surface area (Å²) in [5, 5.41) is 13.0. The molecule has 0 aliphatic carbocycles. The minimum Gasteiger partial charge on any atom is -0.508 e. The number of amides is 2. The highest BCUT2D eigenvalue weighted by molar-refractivity contribution is 6.24. The molecule has 2 heterocycles. The van der Waals surface area contributed by atoms with Crippen LogP contribution < -0.4 is 10.2 Å². The SMILES string of the molecule is CCCC[C@@]1(C(=O)OC)N[C@@H](c2ccc(O)cc2)[C@H]2C(=O)N(c3ccccc3)C(=O)[C@@H]21. The third-order valence-electron chi connectivity index (χ3n) is 6.40. The van der Waals surface area contributed by atoms with Crippen molar-refractivity contribution in [2.45, 2.75) is 37.8 Å². The number of carbonyl (C=O) groups is 3. The molecule has 0 unspecified atom stereocenters. The molecule has 0 bridgehead atoms. The van der Waals surface area contributed by atoms with Crippen LogP contribution in [0.1, 0.15) is 37.8 Å². The summed E-state index contributed by atoms with van der Waals surface area (Å²) in [7, 11) is 1.30. The summed E-state index contributed by atoms with van der Waals surface area (Å²) in [5.41, 5.74) is -0.0782. The van der Waals surface area contributed by atoms with Gasteiger partial charge in [0.05, 0.1) is 24.6 Å². The van der Waals surface area contributed by atoms with Gasteiger partial charge in [-0.3, -0.25) is 19.7 Å². The summed E-state index contributed by atoms with van der Waals surface area (Å²) in [6.45, 7) is 2.01. The normalized spacial score (nSPS) is 27.4. The Morgan fingerprint density at radius 3 is 2.39 bits per heavy atom. The van der Waals surface area contributed by atoms with Crippen molar-refractivity contribution in [2.24, 2.45) is 11.8 Å². The molecule has 2 amide bonds. The number of carbonyl (C=O) groups excluding carboxylic acids is 3. The first kappa shape index (κ1) is 21.1. The van der Waals surface area contributed by atoms with E-state index in [1.165, 1.54) is 24.1 Å². The molecule has 2 aliphatic rings. The monoisotopic (exact) mass is 422 g/mol. The number of esters is 1. The van der Waals surface area contributed by atoms with Gasteiger partial charge < -0.3 is 9.84 Å². The average molecular weight is 422 g/mol. The van der Waals surface area contributed by atoms with Gasteiger partial charge in [0.1, 0.15) is 11.3 Å². The zero-order valence-electron chi connectivity index (χ0n) is 17.6. The molecule has 7 nitrogen and oxygen atoms in total. The quantitative estimate of drug-likeness (QED) is 0.549. The molecule has 2 saturated heterocycles. The van der Waals surface area contributed by atoms with E-state index in [2.05, 4.69) is 5.32 Å². The number of hydrogen-bond acceptors (Lipinski definition) is 6. The van der Waals surface area contributed by atoms with Crippen LogP contribution >= 0.6 is 0 Å². The number of unbranched alkanes of at least 4 members (excludes halogenated alkanes) is 1. The van der Waals surface area contributed by atoms with E-state index in [4.69, 9.17) is 4.74 Å². The molecule has 4 atom stereocenters. The maximum absolute atomic E-state index is 13.6. The number of phenolic OH excluding ortho intramolecular Hbond substituents is 1. The van der Waals surface area contributed by atoms with E-state index in [0.29, 0.717) is 18.5 Å². The number of para-hydroxylation sites is 1. The van der Waals surface area contributed by atoms with E-state index in [1.54, 1.807) is 36.4 Å². The van der Waals surface area contributed by atoms with Gasteiger partial charge in [-0.2, -0.15) is 0 Å². The summed E-state index contributed by atoms with van der Waals surface area (Å²) in [6.07, 6.45) is 1.90. The summed E-state index contributed by atoms with van der Waals surface area (Å²) in [5.74, 6) is -2.80. The van der Waals surface area contributed by atoms with Crippen LogP contribution in [0.25, 0.3) is 0 Å². The number of nitrogens with zero attached hydrogens (tertiary/aromatic N) is 1. The fourth-order valence-corrected chi connectivity index (χ4v) is 4.96. The molecule has 7 heteroatoms. The average Bonchev–Trinajstić information content (AvgIpc) is 3.27. The van der Waals surface area contributed by atoms with E-state index in [1.807, 2.05) is 13.0 Å². The molecule has 2 aromatic rings. The standard InChI is InChI=1S/C24H26N2O5/c1-3-4-14-24(23(30)31-2)19-18(20(25-24)15-10-12-17(27)13-11-15)21(28)26(22(19)29)16-8-6-5-7-9-16/h5-13,18-20,25,27H,3-4,14H2,1-2H3/t18-,19+,20-,24+/m0/s1. The summed E-state index contributed by atoms with van der Waals surface area (Å²) < 4.78 is 5.15. The minimum atomic E-state index is -1.30. The molecule has 2 fully saturated rings. The van der Waals surface area contributed by atoms with Crippen molar-refractivity contribution in [1.82, 2.24) is 5.32 Å². The van der Waals surface area contributed by atoms with Crippen molar-refractivity contribution in [3.8, 4) is 5.75 Å². The van der Waals surface area contributed by atoms with Crippen LogP contribution in [0, 0.1) is 11.8 Å². The molecule has 2 aromatic carbocycles. The smallest absolute Gasteiger partial charge is 0.326 e. The van der Waals surface area contributed by atoms with Gasteiger partial charge >= 0.3 is 5.97 Å². The largest absolute Gasteiger partial charge is 0.508 e. The summed E-state index contributed by atoms with van der Waals surface area (Å²) in [4.78, 5) is 41.5. The van der Waals surface area contributed by atoms with Crippen LogP contribution in [-0.4, -0.2) is 35.5 Å². The first-order valence-electron chi connectivity index (χ1n) is 10.5. The molecule has 4 rings (SSSR count). The third-order valence-corrected chi connectivity index (χ3v) is 6.40. The zero-order chi connectivity index (χ0) is 22.2. The van der Waals surface area contributed by atoms with Gasteiger partial charge in [-0.25, -0.2) is 4.90 Å². The van der Waals surface area contributed by atoms with Crippen molar-refractivity contribution in [2.75, 3.05) is 12.0 Å². The fourth-order valence-electron chi connectivity index (χ4n) is 4.96. The Labute approximate surface area is 181 Å². The van der Waals surface area contributed by atoms with Crippen LogP contribution in [-0.2, 0) is 19.1 Å². The van der Waals surface area contributed by atoms with Crippen LogP contribution in [0.15, 0.2) is 54.6 Å². The van der Waals surface area contributed by atoms with Gasteiger partial charge in [0.15, 0.2) is 0 Å². The lowest BCUT2D eigenvalue weighted by Gasteiger charge is -2.32. The summed E-state index contributed by atoms with van der Waals surface area (Å²) in [6, 6.07) is 14.7. The number of aromatic hydroxyl groups is 1. The van der Waals surface area contributed by atoms with Gasteiger partial charge in [0.2, 0.25) is 11.8 Å². The Hall–Kier alpha value is -3.19. The number of anilines is 1. The zero-order valence-corrected chi connectivity index (χ0v) is 17.6. The van der Waals surface area contributed by atoms with Crippen molar-refractivity contribution in [1.29, 1.82) is 0 Å². The second-order valence-electron chi connectivity index (χ2n) is 8.13. The number of fused-ring (bicyclic) bond motifs is 1. The number of ether oxygens (including phenoxy) is 1. The number of phenols is 1. The Balaban J connectivity index is 1.85. The predicted octanol–water partition coefficient (Wildman–Crippen LogP) is 2.94. The molecule has 2 N–H and O–H groups in total. The van der Waals surface area contributed by atoms with Crippen LogP contribution in [0.3, 0.4) is 0 Å². The number of rotatable bonds is 6. The molecule has 0 aromatic heterocycles. The van der Waals surface area contributed by atoms with E-state index in [0.717, 1.165) is 12.0 Å². The molecule has 2 aliphatic heterocycles. The second-order valence-corrected chi connectivity index (χ2v) is 8.13. The Bertz CT molecular complexity index is 991. The van der Waals surface area contributed by atoms with Crippen molar-refractivity contribution >= 4 is 23.5 Å². The van der Waals surface area contributed by atoms with Crippen molar-refractivity contribution in [3.05, 3.63) is 60.2 Å². The predicted molar refractivity (Wildman–Crippen MR) is 114 cm³/mol. The van der Waals surface area contributed by atoms with Gasteiger partial charge in [-0.1, -0.05) is 50.1 Å². The maximum atomic E-state index is 13.6. The Kier molecular flexibility index (Phi) is 5.54. The molecule has 31 heavy (non-hydrogen) atoms. The van der Waals surface area contributed by atoms with Crippen LogP contribution in [0.2, 0.25) is 0 Å². The lowest BCUT2D eigenvalue weighted by molar-refractivity contribution is -0.152. The van der Waals surface area contributed by atoms with E-state index >= 15 is 0 Å². The van der Waals surface area contributed by atoms with Gasteiger partial charge in [-0.05, 0) is 36.2 Å². The number of nitrogens with one attached hydrogen (secondary N) is 1. The highest BCUT2D eigenvalue weighted by Crippen LogP contribution is 2.51. The first-order chi connectivity index (χ1) is 14.9. The lowest BCUT2D eigenvalue weighted by Crippen LogP contribution is -2.56. The Morgan fingerprint density at radius 1 is 1.10 bits per heavy atom. The number of hydrogen-bond donors (Lipinski definition) is 2. The fraction of sp³-hybridized carbons (Fsp3) is 0.375. The van der Waals surface area contributed by atoms with E-state index in [9.17, 15) is 19.5 Å². The van der Waals surface area contributed by atoms with Gasteiger partial charge in [0, 0.05) is 6.04 Å². The lowest BCUT2D eigenvalue weighted by atomic mass is 9.76. The first-order valence-corrected chi connectivity index (χ1v) is 10.5. The molecular formula is C24H26N2O5. The molecule has 0 saturated carbocycles. The van der Waals surface area contributed by atoms with Crippen LogP contribution in [0.4, 0.5) is 5.69 Å². The molecule has 162 valence electrons. The number of imide groups is 1. The third kappa shape index (κ3) is 3.29. The highest BCUT2D eigenvalue weighted by atomic mass is 16.5. The van der Waals surface area contributed by atoms with Gasteiger partial charge in [0.25, 0.3) is 0 Å². The topological polar surface area (TPSA) is 95.9 Å². The molecule has 0 radical (unpaired) electrons. The second kappa shape index (κ2) is 8.15. The van der Waals surface area contributed by atoms with Crippen molar-refractivity contribution < 1.29 is 24.2 Å². The van der Waals surface area contributed by atoms with Crippen LogP contribution in [0.5, 0.6) is 5.75 Å². The van der Waals surface area contributed by atoms with E-state index < -0.39 is 35.3 Å².